The van der Waals surface area contributed by atoms with Gasteiger partial charge in [-0.3, -0.25) is 14.9 Å². The summed E-state index contributed by atoms with van der Waals surface area (Å²) in [6.45, 7) is 0. The third-order valence-corrected chi connectivity index (χ3v) is 5.34. The predicted molar refractivity (Wildman–Crippen MR) is 119 cm³/mol. The van der Waals surface area contributed by atoms with Crippen molar-refractivity contribution in [3.63, 3.8) is 0 Å². The van der Waals surface area contributed by atoms with E-state index in [1.807, 2.05) is 18.2 Å². The van der Waals surface area contributed by atoms with Gasteiger partial charge in [-0.05, 0) is 47.5 Å². The van der Waals surface area contributed by atoms with Gasteiger partial charge in [0.05, 0.1) is 30.9 Å². The van der Waals surface area contributed by atoms with Gasteiger partial charge in [-0.2, -0.15) is 5.10 Å². The SMILES string of the molecule is COc1ccc([C@H]2CC(c3ccc([N+](=O)[O-])cc3)=NN2C(=O)c2ccccc2)cc1OC. The fourth-order valence-electron chi connectivity index (χ4n) is 3.68. The highest BCUT2D eigenvalue weighted by Gasteiger charge is 2.34. The van der Waals surface area contributed by atoms with Gasteiger partial charge in [-0.1, -0.05) is 24.3 Å². The Morgan fingerprint density at radius 3 is 2.31 bits per heavy atom. The van der Waals surface area contributed by atoms with Gasteiger partial charge in [0.1, 0.15) is 0 Å². The van der Waals surface area contributed by atoms with Crippen molar-refractivity contribution in [2.75, 3.05) is 14.2 Å². The number of hydrogen-bond donors (Lipinski definition) is 0. The van der Waals surface area contributed by atoms with Crippen molar-refractivity contribution in [3.8, 4) is 11.5 Å². The maximum Gasteiger partial charge on any atom is 0.274 e. The van der Waals surface area contributed by atoms with E-state index in [4.69, 9.17) is 9.47 Å². The van der Waals surface area contributed by atoms with Crippen LogP contribution >= 0.6 is 0 Å². The Kier molecular flexibility index (Phi) is 5.85. The molecule has 0 N–H and O–H groups in total. The van der Waals surface area contributed by atoms with Gasteiger partial charge in [0, 0.05) is 24.1 Å². The molecule has 8 nitrogen and oxygen atoms in total. The van der Waals surface area contributed by atoms with Crippen molar-refractivity contribution < 1.29 is 19.2 Å². The molecule has 0 saturated carbocycles. The van der Waals surface area contributed by atoms with Crippen LogP contribution in [0, 0.1) is 10.1 Å². The van der Waals surface area contributed by atoms with Gasteiger partial charge in [0.2, 0.25) is 0 Å². The lowest BCUT2D eigenvalue weighted by atomic mass is 9.97. The van der Waals surface area contributed by atoms with Gasteiger partial charge < -0.3 is 9.47 Å². The summed E-state index contributed by atoms with van der Waals surface area (Å²) in [4.78, 5) is 23.8. The molecule has 32 heavy (non-hydrogen) atoms. The number of amides is 1. The molecular weight excluding hydrogens is 410 g/mol. The number of rotatable bonds is 6. The molecule has 0 radical (unpaired) electrons. The van der Waals surface area contributed by atoms with Crippen molar-refractivity contribution >= 4 is 17.3 Å². The summed E-state index contributed by atoms with van der Waals surface area (Å²) < 4.78 is 10.8. The number of nitro benzene ring substituents is 1. The Morgan fingerprint density at radius 1 is 1.00 bits per heavy atom. The highest BCUT2D eigenvalue weighted by atomic mass is 16.6. The topological polar surface area (TPSA) is 94.3 Å². The molecule has 0 unspecified atom stereocenters. The van der Waals surface area contributed by atoms with Crippen LogP contribution in [-0.4, -0.2) is 35.8 Å². The molecule has 0 fully saturated rings. The molecule has 1 aliphatic rings. The van der Waals surface area contributed by atoms with E-state index in [-0.39, 0.29) is 17.6 Å². The van der Waals surface area contributed by atoms with E-state index < -0.39 is 4.92 Å². The maximum atomic E-state index is 13.3. The summed E-state index contributed by atoms with van der Waals surface area (Å²) in [5.41, 5.74) is 2.76. The van der Waals surface area contributed by atoms with Crippen molar-refractivity contribution in [1.29, 1.82) is 0 Å². The molecular formula is C24H21N3O5. The van der Waals surface area contributed by atoms with E-state index in [1.54, 1.807) is 56.7 Å². The molecule has 162 valence electrons. The maximum absolute atomic E-state index is 13.3. The Hall–Kier alpha value is -4.20. The number of methoxy groups -OCH3 is 2. The molecule has 0 aliphatic carbocycles. The number of hydrazone groups is 1. The molecule has 3 aromatic carbocycles. The summed E-state index contributed by atoms with van der Waals surface area (Å²) in [6.07, 6.45) is 0.450. The zero-order valence-electron chi connectivity index (χ0n) is 17.6. The molecule has 8 heteroatoms. The lowest BCUT2D eigenvalue weighted by Gasteiger charge is -2.23. The van der Waals surface area contributed by atoms with E-state index in [0.29, 0.717) is 29.2 Å². The second kappa shape index (κ2) is 8.89. The van der Waals surface area contributed by atoms with Crippen LogP contribution in [-0.2, 0) is 0 Å². The molecule has 0 saturated heterocycles. The number of nitrogens with zero attached hydrogens (tertiary/aromatic N) is 3. The number of ether oxygens (including phenoxy) is 2. The third-order valence-electron chi connectivity index (χ3n) is 5.34. The van der Waals surface area contributed by atoms with Crippen LogP contribution in [0.4, 0.5) is 5.69 Å². The Morgan fingerprint density at radius 2 is 1.69 bits per heavy atom. The summed E-state index contributed by atoms with van der Waals surface area (Å²) in [5, 5.41) is 17.1. The Balaban J connectivity index is 1.73. The second-order valence-electron chi connectivity index (χ2n) is 7.20. The number of carbonyl (C=O) groups excluding carboxylic acids is 1. The van der Waals surface area contributed by atoms with Crippen LogP contribution in [0.25, 0.3) is 0 Å². The Bertz CT molecular complexity index is 1180. The highest BCUT2D eigenvalue weighted by Crippen LogP contribution is 2.38. The number of carbonyl (C=O) groups is 1. The summed E-state index contributed by atoms with van der Waals surface area (Å²) in [7, 11) is 3.12. The number of nitro groups is 1. The number of hydrogen-bond acceptors (Lipinski definition) is 6. The van der Waals surface area contributed by atoms with Gasteiger partial charge in [-0.25, -0.2) is 5.01 Å². The molecule has 1 atom stereocenters. The van der Waals surface area contributed by atoms with Gasteiger partial charge in [0.25, 0.3) is 11.6 Å². The van der Waals surface area contributed by atoms with Crippen molar-refractivity contribution in [3.05, 3.63) is 99.6 Å². The Labute approximate surface area is 184 Å². The first-order chi connectivity index (χ1) is 15.5. The first-order valence-corrected chi connectivity index (χ1v) is 9.94. The monoisotopic (exact) mass is 431 g/mol. The molecule has 0 spiro atoms. The summed E-state index contributed by atoms with van der Waals surface area (Å²) in [6, 6.07) is 20.3. The van der Waals surface area contributed by atoms with Crippen LogP contribution in [0.5, 0.6) is 11.5 Å². The van der Waals surface area contributed by atoms with Crippen LogP contribution in [0.2, 0.25) is 0 Å². The molecule has 1 amide bonds. The minimum Gasteiger partial charge on any atom is -0.493 e. The van der Waals surface area contributed by atoms with E-state index in [9.17, 15) is 14.9 Å². The lowest BCUT2D eigenvalue weighted by Crippen LogP contribution is -2.27. The van der Waals surface area contributed by atoms with Gasteiger partial charge in [0.15, 0.2) is 11.5 Å². The smallest absolute Gasteiger partial charge is 0.274 e. The first-order valence-electron chi connectivity index (χ1n) is 9.94. The average molecular weight is 431 g/mol. The van der Waals surface area contributed by atoms with Crippen molar-refractivity contribution in [2.24, 2.45) is 5.10 Å². The van der Waals surface area contributed by atoms with E-state index in [0.717, 1.165) is 11.1 Å². The summed E-state index contributed by atoms with van der Waals surface area (Å²) in [5.74, 6) is 0.912. The molecule has 0 aromatic heterocycles. The fourth-order valence-corrected chi connectivity index (χ4v) is 3.68. The van der Waals surface area contributed by atoms with Crippen LogP contribution in [0.1, 0.15) is 33.9 Å². The second-order valence-corrected chi connectivity index (χ2v) is 7.20. The number of benzene rings is 3. The van der Waals surface area contributed by atoms with Crippen LogP contribution in [0.15, 0.2) is 77.9 Å². The molecule has 1 aliphatic heterocycles. The fraction of sp³-hybridized carbons (Fsp3) is 0.167. The van der Waals surface area contributed by atoms with E-state index >= 15 is 0 Å². The average Bonchev–Trinajstić information content (AvgIpc) is 3.29. The van der Waals surface area contributed by atoms with E-state index in [2.05, 4.69) is 5.10 Å². The zero-order chi connectivity index (χ0) is 22.7. The van der Waals surface area contributed by atoms with Gasteiger partial charge >= 0.3 is 0 Å². The predicted octanol–water partition coefficient (Wildman–Crippen LogP) is 4.60. The number of non-ortho nitro benzene ring substituents is 1. The quantitative estimate of drug-likeness (QED) is 0.420. The third kappa shape index (κ3) is 4.02. The normalized spacial score (nSPS) is 15.2. The molecule has 3 aromatic rings. The van der Waals surface area contributed by atoms with Crippen LogP contribution < -0.4 is 9.47 Å². The minimum atomic E-state index is -0.447. The first kappa shape index (κ1) is 21.0. The molecule has 0 bridgehead atoms. The molecule has 4 rings (SSSR count). The highest BCUT2D eigenvalue weighted by molar-refractivity contribution is 6.05. The van der Waals surface area contributed by atoms with Gasteiger partial charge in [-0.15, -0.1) is 0 Å². The van der Waals surface area contributed by atoms with E-state index in [1.165, 1.54) is 17.1 Å². The zero-order valence-corrected chi connectivity index (χ0v) is 17.6. The minimum absolute atomic E-state index is 0.000931. The van der Waals surface area contributed by atoms with Crippen LogP contribution in [0.3, 0.4) is 0 Å². The summed E-state index contributed by atoms with van der Waals surface area (Å²) >= 11 is 0. The van der Waals surface area contributed by atoms with Crippen molar-refractivity contribution in [1.82, 2.24) is 5.01 Å². The standard InChI is InChI=1S/C24H21N3O5/c1-31-22-13-10-18(14-23(22)32-2)21-15-20(16-8-11-19(12-9-16)27(29)30)25-26(21)24(28)17-6-4-3-5-7-17/h3-14,21H,15H2,1-2H3/t21-/m1/s1. The largest absolute Gasteiger partial charge is 0.493 e. The van der Waals surface area contributed by atoms with Crippen molar-refractivity contribution in [2.45, 2.75) is 12.5 Å². The lowest BCUT2D eigenvalue weighted by molar-refractivity contribution is -0.384. The molecule has 1 heterocycles.